The van der Waals surface area contributed by atoms with Crippen LogP contribution < -0.4 is 0 Å². The van der Waals surface area contributed by atoms with E-state index in [4.69, 9.17) is 0 Å². The summed E-state index contributed by atoms with van der Waals surface area (Å²) in [5.41, 5.74) is 5.59. The maximum absolute atomic E-state index is 2.31. The quantitative estimate of drug-likeness (QED) is 0.671. The molecule has 0 heteroatoms. The van der Waals surface area contributed by atoms with E-state index in [0.29, 0.717) is 0 Å². The van der Waals surface area contributed by atoms with Crippen molar-refractivity contribution in [3.63, 3.8) is 0 Å². The predicted molar refractivity (Wildman–Crippen MR) is 65.6 cm³/mol. The molecule has 0 saturated carbocycles. The molecule has 1 aromatic carbocycles. The number of benzene rings is 1. The minimum atomic E-state index is 1.06. The van der Waals surface area contributed by atoms with Crippen molar-refractivity contribution in [3.05, 3.63) is 65.1 Å². The van der Waals surface area contributed by atoms with Crippen LogP contribution in [0.25, 0.3) is 0 Å². The summed E-state index contributed by atoms with van der Waals surface area (Å²) in [5, 5.41) is 0. The van der Waals surface area contributed by atoms with Gasteiger partial charge in [-0.15, -0.1) is 0 Å². The molecule has 0 fully saturated rings. The second kappa shape index (κ2) is 4.48. The molecule has 1 aliphatic rings. The molecular weight excluding hydrogens is 180 g/mol. The molecule has 1 radical (unpaired) electrons. The first-order valence-corrected chi connectivity index (χ1v) is 5.50. The van der Waals surface area contributed by atoms with Crippen LogP contribution in [0.3, 0.4) is 0 Å². The number of aryl methyl sites for hydroxylation is 1. The van der Waals surface area contributed by atoms with Crippen molar-refractivity contribution in [2.24, 2.45) is 0 Å². The molecule has 77 valence electrons. The van der Waals surface area contributed by atoms with Gasteiger partial charge in [-0.05, 0) is 44.2 Å². The number of hydrogen-bond acceptors (Lipinski definition) is 0. The minimum absolute atomic E-state index is 1.06. The fourth-order valence-corrected chi connectivity index (χ4v) is 1.99. The highest BCUT2D eigenvalue weighted by atomic mass is 14.1. The zero-order valence-corrected chi connectivity index (χ0v) is 9.46. The Kier molecular flexibility index (Phi) is 3.05. The third kappa shape index (κ3) is 2.82. The minimum Gasteiger partial charge on any atom is -0.0804 e. The molecule has 2 rings (SSSR count). The van der Waals surface area contributed by atoms with Crippen LogP contribution in [0.4, 0.5) is 0 Å². The lowest BCUT2D eigenvalue weighted by Crippen LogP contribution is -1.94. The Morgan fingerprint density at radius 1 is 1.20 bits per heavy atom. The largest absolute Gasteiger partial charge is 0.0804 e. The van der Waals surface area contributed by atoms with Gasteiger partial charge in [-0.25, -0.2) is 0 Å². The second-order valence-corrected chi connectivity index (χ2v) is 4.27. The van der Waals surface area contributed by atoms with Gasteiger partial charge in [-0.3, -0.25) is 0 Å². The highest BCUT2D eigenvalue weighted by Crippen LogP contribution is 2.19. The molecule has 0 atom stereocenters. The van der Waals surface area contributed by atoms with E-state index in [1.807, 2.05) is 0 Å². The summed E-state index contributed by atoms with van der Waals surface area (Å²) in [6, 6.07) is 8.75. The van der Waals surface area contributed by atoms with Crippen LogP contribution >= 0.6 is 0 Å². The fraction of sp³-hybridized carbons (Fsp3) is 0.267. The Labute approximate surface area is 92.3 Å². The first-order chi connectivity index (χ1) is 7.24. The Hall–Kier alpha value is -1.30. The van der Waals surface area contributed by atoms with Gasteiger partial charge in [0.1, 0.15) is 0 Å². The van der Waals surface area contributed by atoms with E-state index in [-0.39, 0.29) is 0 Å². The maximum atomic E-state index is 2.31. The van der Waals surface area contributed by atoms with Gasteiger partial charge in [0.15, 0.2) is 0 Å². The van der Waals surface area contributed by atoms with Crippen molar-refractivity contribution in [1.82, 2.24) is 0 Å². The Morgan fingerprint density at radius 3 is 2.80 bits per heavy atom. The van der Waals surface area contributed by atoms with Crippen molar-refractivity contribution >= 4 is 0 Å². The third-order valence-corrected chi connectivity index (χ3v) is 2.72. The summed E-state index contributed by atoms with van der Waals surface area (Å²) in [5.74, 6) is 0. The molecule has 0 amide bonds. The van der Waals surface area contributed by atoms with Crippen LogP contribution in [0.1, 0.15) is 24.5 Å². The summed E-state index contributed by atoms with van der Waals surface area (Å²) in [4.78, 5) is 0. The summed E-state index contributed by atoms with van der Waals surface area (Å²) < 4.78 is 0. The van der Waals surface area contributed by atoms with Gasteiger partial charge in [0.25, 0.3) is 0 Å². The molecule has 0 N–H and O–H groups in total. The lowest BCUT2D eigenvalue weighted by Gasteiger charge is -2.10. The SMILES string of the molecule is CC1=CC(Cc2cccc(C)c2)=CC[CH]1. The van der Waals surface area contributed by atoms with Crippen molar-refractivity contribution in [2.75, 3.05) is 0 Å². The molecule has 0 saturated heterocycles. The monoisotopic (exact) mass is 197 g/mol. The maximum Gasteiger partial charge on any atom is -0.00288 e. The summed E-state index contributed by atoms with van der Waals surface area (Å²) >= 11 is 0. The summed E-state index contributed by atoms with van der Waals surface area (Å²) in [6.07, 6.45) is 9.01. The van der Waals surface area contributed by atoms with Crippen LogP contribution in [-0.2, 0) is 6.42 Å². The molecule has 0 bridgehead atoms. The topological polar surface area (TPSA) is 0 Å². The number of hydrogen-bond donors (Lipinski definition) is 0. The van der Waals surface area contributed by atoms with E-state index in [1.54, 1.807) is 0 Å². The molecule has 0 unspecified atom stereocenters. The zero-order valence-electron chi connectivity index (χ0n) is 9.46. The number of allylic oxidation sites excluding steroid dienone is 4. The third-order valence-electron chi connectivity index (χ3n) is 2.72. The highest BCUT2D eigenvalue weighted by molar-refractivity contribution is 5.37. The first kappa shape index (κ1) is 10.2. The molecule has 0 spiro atoms. The summed E-state index contributed by atoms with van der Waals surface area (Å²) in [6.45, 7) is 4.32. The van der Waals surface area contributed by atoms with Crippen molar-refractivity contribution < 1.29 is 0 Å². The smallest absolute Gasteiger partial charge is 0.00288 e. The van der Waals surface area contributed by atoms with Gasteiger partial charge in [0.05, 0.1) is 0 Å². The number of rotatable bonds is 2. The lowest BCUT2D eigenvalue weighted by molar-refractivity contribution is 1.08. The fourth-order valence-electron chi connectivity index (χ4n) is 1.99. The molecule has 0 aromatic heterocycles. The van der Waals surface area contributed by atoms with Gasteiger partial charge < -0.3 is 0 Å². The average Bonchev–Trinajstić information content (AvgIpc) is 2.17. The van der Waals surface area contributed by atoms with Gasteiger partial charge in [-0.1, -0.05) is 47.6 Å². The molecule has 0 aliphatic heterocycles. The molecule has 0 heterocycles. The standard InChI is InChI=1S/C15H17/c1-12-5-3-7-14(9-12)11-15-8-4-6-13(2)10-15/h3,5-10H,4,11H2,1-2H3. The van der Waals surface area contributed by atoms with Crippen molar-refractivity contribution in [3.8, 4) is 0 Å². The van der Waals surface area contributed by atoms with Gasteiger partial charge in [0.2, 0.25) is 0 Å². The van der Waals surface area contributed by atoms with E-state index in [2.05, 4.69) is 56.7 Å². The molecule has 1 aliphatic carbocycles. The van der Waals surface area contributed by atoms with E-state index < -0.39 is 0 Å². The second-order valence-electron chi connectivity index (χ2n) is 4.27. The van der Waals surface area contributed by atoms with Crippen LogP contribution in [-0.4, -0.2) is 0 Å². The Bertz CT molecular complexity index is 408. The lowest BCUT2D eigenvalue weighted by atomic mass is 9.95. The van der Waals surface area contributed by atoms with Crippen LogP contribution in [0.2, 0.25) is 0 Å². The highest BCUT2D eigenvalue weighted by Gasteiger charge is 2.03. The van der Waals surface area contributed by atoms with Gasteiger partial charge in [0, 0.05) is 0 Å². The Morgan fingerprint density at radius 2 is 2.07 bits per heavy atom. The van der Waals surface area contributed by atoms with Gasteiger partial charge in [-0.2, -0.15) is 0 Å². The van der Waals surface area contributed by atoms with E-state index in [9.17, 15) is 0 Å². The van der Waals surface area contributed by atoms with Crippen LogP contribution in [0.5, 0.6) is 0 Å². The van der Waals surface area contributed by atoms with Gasteiger partial charge >= 0.3 is 0 Å². The molecular formula is C15H17. The van der Waals surface area contributed by atoms with Crippen molar-refractivity contribution in [1.29, 1.82) is 0 Å². The predicted octanol–water partition coefficient (Wildman–Crippen LogP) is 4.02. The Balaban J connectivity index is 2.12. The zero-order chi connectivity index (χ0) is 10.7. The first-order valence-electron chi connectivity index (χ1n) is 5.50. The normalized spacial score (nSPS) is 15.9. The average molecular weight is 197 g/mol. The summed E-state index contributed by atoms with van der Waals surface area (Å²) in [7, 11) is 0. The molecule has 15 heavy (non-hydrogen) atoms. The molecule has 0 nitrogen and oxygen atoms in total. The van der Waals surface area contributed by atoms with Crippen molar-refractivity contribution in [2.45, 2.75) is 26.7 Å². The van der Waals surface area contributed by atoms with Crippen LogP contribution in [0, 0.1) is 13.3 Å². The van der Waals surface area contributed by atoms with E-state index >= 15 is 0 Å². The van der Waals surface area contributed by atoms with Crippen LogP contribution in [0.15, 0.2) is 47.6 Å². The van der Waals surface area contributed by atoms with E-state index in [1.165, 1.54) is 22.3 Å². The van der Waals surface area contributed by atoms with E-state index in [0.717, 1.165) is 12.8 Å². The molecule has 1 aromatic rings.